The molecule has 0 aliphatic carbocycles. The Bertz CT molecular complexity index is 4030. The van der Waals surface area contributed by atoms with Gasteiger partial charge in [-0.2, -0.15) is 0 Å². The van der Waals surface area contributed by atoms with Crippen LogP contribution in [0.25, 0.3) is 10.9 Å². The summed E-state index contributed by atoms with van der Waals surface area (Å²) in [5.74, 6) is -14.5. The lowest BCUT2D eigenvalue weighted by Gasteiger charge is -2.27. The zero-order valence-corrected chi connectivity index (χ0v) is 56.4. The van der Waals surface area contributed by atoms with Crippen molar-refractivity contribution >= 4 is 93.7 Å². The van der Waals surface area contributed by atoms with E-state index in [0.717, 1.165) is 0 Å². The normalized spacial score (nSPS) is 21.5. The largest absolute Gasteiger partial charge is 0.508 e. The molecule has 11 atom stereocenters. The molecule has 546 valence electrons. The monoisotopic (exact) mass is 1420 g/mol. The Kier molecular flexibility index (Phi) is 28.5. The number of aromatic amines is 1. The van der Waals surface area contributed by atoms with Crippen LogP contribution >= 0.6 is 0 Å². The number of nitrogens with two attached hydrogens (primary N) is 4. The predicted molar refractivity (Wildman–Crippen MR) is 374 cm³/mol. The summed E-state index contributed by atoms with van der Waals surface area (Å²) in [6, 6.07) is 16.5. The molecule has 0 radical (unpaired) electrons. The van der Waals surface area contributed by atoms with Crippen molar-refractivity contribution in [2.75, 3.05) is 13.1 Å². The van der Waals surface area contributed by atoms with Crippen LogP contribution in [-0.4, -0.2) is 177 Å². The first-order valence-corrected chi connectivity index (χ1v) is 33.0. The van der Waals surface area contributed by atoms with E-state index in [4.69, 9.17) is 28.3 Å². The van der Waals surface area contributed by atoms with E-state index in [2.05, 4.69) is 68.8 Å². The average molecular weight is 1420 g/mol. The van der Waals surface area contributed by atoms with Gasteiger partial charge < -0.3 is 102 Å². The van der Waals surface area contributed by atoms with E-state index < -0.39 is 169 Å². The van der Waals surface area contributed by atoms with E-state index in [9.17, 15) is 72.5 Å². The van der Waals surface area contributed by atoms with Gasteiger partial charge in [0.25, 0.3) is 0 Å². The number of aromatic hydroxyl groups is 2. The molecule has 1 fully saturated rings. The first-order valence-electron chi connectivity index (χ1n) is 33.0. The minimum absolute atomic E-state index is 0.00990. The molecule has 1 saturated heterocycles. The topological polar surface area (TPSA) is 550 Å². The Labute approximate surface area is 591 Å². The minimum Gasteiger partial charge on any atom is -0.508 e. The number of fused-ring (bicyclic) bond motifs is 1. The maximum Gasteiger partial charge on any atom is 0.245 e. The summed E-state index contributed by atoms with van der Waals surface area (Å²) in [4.78, 5) is 189. The molecule has 33 heteroatoms. The maximum atomic E-state index is 14.9. The Morgan fingerprint density at radius 2 is 1.03 bits per heavy atom. The molecule has 6 aromatic rings. The molecule has 13 amide bonds. The number of H-pyrrole nitrogens is 1. The number of phenolic OH excluding ortho intramolecular Hbond substituents is 2. The fraction of sp³-hybridized carbons (Fsp3) is 0.343. The molecule has 5 aromatic carbocycles. The van der Waals surface area contributed by atoms with Crippen molar-refractivity contribution < 1.29 is 72.5 Å². The lowest BCUT2D eigenvalue weighted by Crippen LogP contribution is -2.62. The summed E-state index contributed by atoms with van der Waals surface area (Å²) >= 11 is 0. The lowest BCUT2D eigenvalue weighted by molar-refractivity contribution is -0.136. The summed E-state index contributed by atoms with van der Waals surface area (Å²) < 4.78 is 0. The van der Waals surface area contributed by atoms with Crippen LogP contribution in [0, 0.1) is 5.41 Å². The van der Waals surface area contributed by atoms with Crippen molar-refractivity contribution in [2.24, 2.45) is 22.9 Å². The van der Waals surface area contributed by atoms with Gasteiger partial charge >= 0.3 is 0 Å². The van der Waals surface area contributed by atoms with Crippen LogP contribution in [0.4, 0.5) is 0 Å². The number of phenols is 2. The van der Waals surface area contributed by atoms with E-state index >= 15 is 0 Å². The van der Waals surface area contributed by atoms with E-state index in [1.807, 2.05) is 0 Å². The number of hydrogen-bond acceptors (Lipinski definition) is 17. The zero-order chi connectivity index (χ0) is 74.9. The molecule has 103 heavy (non-hydrogen) atoms. The molecule has 0 bridgehead atoms. The molecule has 7 rings (SSSR count). The molecule has 0 saturated carbocycles. The highest BCUT2D eigenvalue weighted by molar-refractivity contribution is 6.01. The van der Waals surface area contributed by atoms with Gasteiger partial charge in [0.15, 0.2) is 5.96 Å². The van der Waals surface area contributed by atoms with Gasteiger partial charge in [-0.05, 0) is 91.3 Å². The number of guanidine groups is 1. The van der Waals surface area contributed by atoms with Gasteiger partial charge in [0.1, 0.15) is 71.9 Å². The Balaban J connectivity index is 1.30. The highest BCUT2D eigenvalue weighted by Gasteiger charge is 2.37. The number of aromatic nitrogens is 1. The average Bonchev–Trinajstić information content (AvgIpc) is 1.71. The standard InChI is InChI=1S/C70H86N18O15/c1-37-60(94)83-51(30-39-12-5-3-6-13-39)66(100)81-49(18-11-27-76-70(74)75)64(98)86-53(32-43-35-77-48-17-10-9-16-46(43)48)68(102)87-54(33-57(72)91)65(99)80-38(2)61(95)84-52(31-40-14-7-4-8-15-40)67(101)88-56(69(103)82-50(59(73)93)29-42-21-25-45(90)26-22-42)36-78-63(97)55(34-58(92)79-37)85-62(96)47(71)28-41-19-23-44(89)24-20-41/h3-10,12-17,19-26,35,37-38,47,49-56,77,89-90H,11,18,27-34,36,71H2,1-2H3,(H2,72,91)(H2,73,93)(H,78,97)(H,79,92)(H,80,99)(H,81,100)(H,82,103)(H,83,94)(H,84,95)(H,85,96)(H,86,98)(H,87,102)(H,88,101)(H4,74,75,76)/t37-,38-,47-,49-,50-,51+,52-,53-,54-,55+,56?/m0/s1. The third-order valence-electron chi connectivity index (χ3n) is 16.6. The molecular formula is C70H86N18O15. The molecule has 1 aliphatic heterocycles. The number of hydrogen-bond donors (Lipinski definition) is 20. The molecule has 24 N–H and O–H groups in total. The van der Waals surface area contributed by atoms with Crippen LogP contribution < -0.4 is 86.7 Å². The SMILES string of the molecule is C[C@@H]1NC(=O)C[C@@H](NC(=O)[C@@H](N)Cc2ccc(O)cc2)C(=O)NCC(C(=O)N[C@@H](Cc2ccc(O)cc2)C(N)=O)NC(=O)[C@H](Cc2ccccc2)NC(=O)[C@H](C)NC(=O)[C@H](CC(N)=O)NC(=O)[C@H](Cc2c[nH]c3ccccc23)NC(=O)[C@H](CCCNC(=N)N)NC(=O)[C@@H](Cc2ccccc2)NC1=O. The van der Waals surface area contributed by atoms with Crippen LogP contribution in [0.1, 0.15) is 67.3 Å². The third-order valence-corrected chi connectivity index (χ3v) is 16.6. The summed E-state index contributed by atoms with van der Waals surface area (Å²) in [5.41, 5.74) is 26.3. The van der Waals surface area contributed by atoms with E-state index in [0.29, 0.717) is 38.7 Å². The van der Waals surface area contributed by atoms with Gasteiger partial charge in [-0.15, -0.1) is 0 Å². The maximum absolute atomic E-state index is 14.9. The molecule has 33 nitrogen and oxygen atoms in total. The Morgan fingerprint density at radius 1 is 0.544 bits per heavy atom. The van der Waals surface area contributed by atoms with E-state index in [-0.39, 0.29) is 63.0 Å². The van der Waals surface area contributed by atoms with Gasteiger partial charge in [0.2, 0.25) is 76.8 Å². The van der Waals surface area contributed by atoms with Gasteiger partial charge in [0, 0.05) is 55.9 Å². The van der Waals surface area contributed by atoms with Crippen LogP contribution in [-0.2, 0) is 94.4 Å². The Hall–Kier alpha value is -12.4. The lowest BCUT2D eigenvalue weighted by atomic mass is 10.0. The zero-order valence-electron chi connectivity index (χ0n) is 56.4. The smallest absolute Gasteiger partial charge is 0.245 e. The second-order valence-corrected chi connectivity index (χ2v) is 24.8. The van der Waals surface area contributed by atoms with E-state index in [1.165, 1.54) is 62.4 Å². The number of carbonyl (C=O) groups is 13. The second-order valence-electron chi connectivity index (χ2n) is 24.8. The van der Waals surface area contributed by atoms with Crippen LogP contribution in [0.15, 0.2) is 140 Å². The number of amides is 13. The van der Waals surface area contributed by atoms with Crippen LogP contribution in [0.3, 0.4) is 0 Å². The number of primary amides is 2. The number of para-hydroxylation sites is 1. The molecule has 1 unspecified atom stereocenters. The summed E-state index contributed by atoms with van der Waals surface area (Å²) in [7, 11) is 0. The van der Waals surface area contributed by atoms with Crippen molar-refractivity contribution in [3.63, 3.8) is 0 Å². The first-order chi connectivity index (χ1) is 49.1. The minimum atomic E-state index is -1.92. The predicted octanol–water partition coefficient (Wildman–Crippen LogP) is -3.55. The molecular weight excluding hydrogens is 1330 g/mol. The first kappa shape index (κ1) is 77.9. The van der Waals surface area contributed by atoms with Gasteiger partial charge in [0.05, 0.1) is 18.9 Å². The van der Waals surface area contributed by atoms with E-state index in [1.54, 1.807) is 91.1 Å². The van der Waals surface area contributed by atoms with Crippen molar-refractivity contribution in [3.05, 3.63) is 167 Å². The van der Waals surface area contributed by atoms with Crippen LogP contribution in [0.2, 0.25) is 0 Å². The molecule has 0 spiro atoms. The fourth-order valence-corrected chi connectivity index (χ4v) is 11.0. The quantitative estimate of drug-likeness (QED) is 0.0188. The number of carbonyl (C=O) groups excluding carboxylic acids is 13. The van der Waals surface area contributed by atoms with Crippen molar-refractivity contribution in [1.29, 1.82) is 5.41 Å². The molecule has 1 aromatic heterocycles. The van der Waals surface area contributed by atoms with Gasteiger partial charge in [-0.25, -0.2) is 0 Å². The Morgan fingerprint density at radius 3 is 1.59 bits per heavy atom. The summed E-state index contributed by atoms with van der Waals surface area (Å²) in [6.45, 7) is 1.55. The molecule has 1 aliphatic rings. The summed E-state index contributed by atoms with van der Waals surface area (Å²) in [5, 5.41) is 58.6. The second kappa shape index (κ2) is 37.7. The highest BCUT2D eigenvalue weighted by Crippen LogP contribution is 2.21. The number of rotatable bonds is 21. The highest BCUT2D eigenvalue weighted by atomic mass is 16.3. The summed E-state index contributed by atoms with van der Waals surface area (Å²) in [6.07, 6.45) is -1.63. The van der Waals surface area contributed by atoms with Crippen molar-refractivity contribution in [3.8, 4) is 11.5 Å². The number of nitrogens with one attached hydrogen (secondary N) is 14. The third kappa shape index (κ3) is 24.5. The fourth-order valence-electron chi connectivity index (χ4n) is 11.0. The van der Waals surface area contributed by atoms with Gasteiger partial charge in [-0.1, -0.05) is 103 Å². The van der Waals surface area contributed by atoms with Crippen molar-refractivity contribution in [2.45, 2.75) is 138 Å². The van der Waals surface area contributed by atoms with Crippen LogP contribution in [0.5, 0.6) is 11.5 Å². The molecule has 2 heterocycles. The van der Waals surface area contributed by atoms with Gasteiger partial charge in [-0.3, -0.25) is 67.7 Å². The van der Waals surface area contributed by atoms with Crippen molar-refractivity contribution in [1.82, 2.24) is 68.8 Å². The number of benzene rings is 5.